The first-order valence-corrected chi connectivity index (χ1v) is 7.69. The van der Waals surface area contributed by atoms with E-state index in [0.29, 0.717) is 37.9 Å². The summed E-state index contributed by atoms with van der Waals surface area (Å²) in [5.74, 6) is 0.630. The van der Waals surface area contributed by atoms with Crippen molar-refractivity contribution in [3.63, 3.8) is 0 Å². The highest BCUT2D eigenvalue weighted by atomic mass is 16.5. The van der Waals surface area contributed by atoms with Crippen LogP contribution in [0.5, 0.6) is 0 Å². The highest BCUT2D eigenvalue weighted by Gasteiger charge is 2.27. The summed E-state index contributed by atoms with van der Waals surface area (Å²) < 4.78 is 10.6. The van der Waals surface area contributed by atoms with Crippen LogP contribution in [0.25, 0.3) is 0 Å². The normalized spacial score (nSPS) is 17.9. The van der Waals surface area contributed by atoms with Crippen LogP contribution in [0.1, 0.15) is 12.1 Å². The van der Waals surface area contributed by atoms with Crippen molar-refractivity contribution >= 4 is 17.5 Å². The molecule has 1 saturated heterocycles. The van der Waals surface area contributed by atoms with E-state index in [2.05, 4.69) is 15.5 Å². The number of ether oxygens (including phenoxy) is 2. The van der Waals surface area contributed by atoms with Gasteiger partial charge in [-0.2, -0.15) is 5.10 Å². The van der Waals surface area contributed by atoms with E-state index in [0.717, 1.165) is 12.1 Å². The van der Waals surface area contributed by atoms with Crippen LogP contribution in [0, 0.1) is 6.92 Å². The summed E-state index contributed by atoms with van der Waals surface area (Å²) >= 11 is 0. The lowest BCUT2D eigenvalue weighted by atomic mass is 10.2. The van der Waals surface area contributed by atoms with Crippen molar-refractivity contribution in [2.45, 2.75) is 19.4 Å². The standard InChI is InChI=1S/C15H25N5O3/c1-11-9-13(14(18-17-11)19(2)3)16-15(21)20-6-8-23-10-12(20)5-7-22-4/h9,12H,5-8,10H2,1-4H3,(H,16,17,21). The molecule has 1 fully saturated rings. The van der Waals surface area contributed by atoms with E-state index in [1.807, 2.05) is 32.0 Å². The molecule has 1 aromatic rings. The minimum Gasteiger partial charge on any atom is -0.385 e. The minimum atomic E-state index is -0.148. The highest BCUT2D eigenvalue weighted by Crippen LogP contribution is 2.22. The van der Waals surface area contributed by atoms with Crippen molar-refractivity contribution in [1.29, 1.82) is 0 Å². The number of hydrogen-bond acceptors (Lipinski definition) is 6. The predicted octanol–water partition coefficient (Wildman–Crippen LogP) is 1.12. The number of aryl methyl sites for hydroxylation is 1. The molecule has 0 aromatic carbocycles. The Morgan fingerprint density at radius 1 is 1.52 bits per heavy atom. The van der Waals surface area contributed by atoms with Crippen molar-refractivity contribution in [1.82, 2.24) is 15.1 Å². The molecular formula is C15H25N5O3. The molecule has 1 N–H and O–H groups in total. The second-order valence-electron chi connectivity index (χ2n) is 5.75. The van der Waals surface area contributed by atoms with Crippen molar-refractivity contribution in [2.75, 3.05) is 57.8 Å². The molecule has 2 heterocycles. The Balaban J connectivity index is 2.12. The van der Waals surface area contributed by atoms with Gasteiger partial charge in [-0.25, -0.2) is 4.79 Å². The number of nitrogens with one attached hydrogen (secondary N) is 1. The number of urea groups is 1. The second-order valence-corrected chi connectivity index (χ2v) is 5.75. The number of amides is 2. The summed E-state index contributed by atoms with van der Waals surface area (Å²) in [6, 6.07) is 1.69. The van der Waals surface area contributed by atoms with Gasteiger partial charge in [-0.15, -0.1) is 5.10 Å². The zero-order valence-corrected chi connectivity index (χ0v) is 14.2. The van der Waals surface area contributed by atoms with Gasteiger partial charge in [0.15, 0.2) is 5.82 Å². The van der Waals surface area contributed by atoms with Gasteiger partial charge in [0.05, 0.1) is 30.6 Å². The van der Waals surface area contributed by atoms with E-state index in [1.165, 1.54) is 0 Å². The SMILES string of the molecule is COCCC1COCCN1C(=O)Nc1cc(C)nnc1N(C)C. The first-order chi connectivity index (χ1) is 11.0. The van der Waals surface area contributed by atoms with Gasteiger partial charge in [0.2, 0.25) is 0 Å². The van der Waals surface area contributed by atoms with Crippen LogP contribution in [0.15, 0.2) is 6.07 Å². The van der Waals surface area contributed by atoms with Crippen LogP contribution in [0.2, 0.25) is 0 Å². The molecule has 0 bridgehead atoms. The predicted molar refractivity (Wildman–Crippen MR) is 87.9 cm³/mol. The van der Waals surface area contributed by atoms with E-state index >= 15 is 0 Å². The smallest absolute Gasteiger partial charge is 0.322 e. The molecule has 8 heteroatoms. The van der Waals surface area contributed by atoms with Gasteiger partial charge in [-0.1, -0.05) is 0 Å². The molecule has 0 aliphatic carbocycles. The van der Waals surface area contributed by atoms with Crippen molar-refractivity contribution in [3.05, 3.63) is 11.8 Å². The molecule has 8 nitrogen and oxygen atoms in total. The molecule has 1 aliphatic heterocycles. The Hall–Kier alpha value is -1.93. The molecule has 128 valence electrons. The van der Waals surface area contributed by atoms with Crippen LogP contribution in [-0.4, -0.2) is 74.7 Å². The first-order valence-electron chi connectivity index (χ1n) is 7.69. The molecule has 0 spiro atoms. The number of aromatic nitrogens is 2. The largest absolute Gasteiger partial charge is 0.385 e. The Morgan fingerprint density at radius 3 is 3.00 bits per heavy atom. The summed E-state index contributed by atoms with van der Waals surface area (Å²) in [7, 11) is 5.39. The highest BCUT2D eigenvalue weighted by molar-refractivity contribution is 5.92. The number of hydrogen-bond donors (Lipinski definition) is 1. The molecular weight excluding hydrogens is 298 g/mol. The van der Waals surface area contributed by atoms with E-state index in [1.54, 1.807) is 12.0 Å². The Labute approximate surface area is 136 Å². The second kappa shape index (κ2) is 8.07. The van der Waals surface area contributed by atoms with E-state index in [9.17, 15) is 4.79 Å². The van der Waals surface area contributed by atoms with E-state index in [4.69, 9.17) is 9.47 Å². The van der Waals surface area contributed by atoms with Gasteiger partial charge < -0.3 is 24.6 Å². The number of rotatable bonds is 5. The van der Waals surface area contributed by atoms with Gasteiger partial charge in [0.1, 0.15) is 0 Å². The average Bonchev–Trinajstić information content (AvgIpc) is 2.53. The zero-order chi connectivity index (χ0) is 16.8. The number of morpholine rings is 1. The molecule has 2 rings (SSSR count). The van der Waals surface area contributed by atoms with Crippen molar-refractivity contribution in [2.24, 2.45) is 0 Å². The number of methoxy groups -OCH3 is 1. The lowest BCUT2D eigenvalue weighted by Gasteiger charge is -2.35. The lowest BCUT2D eigenvalue weighted by molar-refractivity contribution is 0.00449. The summed E-state index contributed by atoms with van der Waals surface area (Å²) in [6.07, 6.45) is 0.748. The fourth-order valence-corrected chi connectivity index (χ4v) is 2.51. The third kappa shape index (κ3) is 4.52. The fourth-order valence-electron chi connectivity index (χ4n) is 2.51. The molecule has 1 atom stereocenters. The maximum Gasteiger partial charge on any atom is 0.322 e. The average molecular weight is 323 g/mol. The molecule has 1 unspecified atom stereocenters. The molecule has 1 aromatic heterocycles. The third-order valence-electron chi connectivity index (χ3n) is 3.71. The van der Waals surface area contributed by atoms with Crippen molar-refractivity contribution in [3.8, 4) is 0 Å². The Bertz CT molecular complexity index is 538. The van der Waals surface area contributed by atoms with Gasteiger partial charge in [-0.3, -0.25) is 0 Å². The Kier molecular flexibility index (Phi) is 6.12. The monoisotopic (exact) mass is 323 g/mol. The number of nitrogens with zero attached hydrogens (tertiary/aromatic N) is 4. The van der Waals surface area contributed by atoms with Gasteiger partial charge >= 0.3 is 6.03 Å². The summed E-state index contributed by atoms with van der Waals surface area (Å²) in [4.78, 5) is 16.3. The molecule has 0 saturated carbocycles. The fraction of sp³-hybridized carbons (Fsp3) is 0.667. The van der Waals surface area contributed by atoms with Gasteiger partial charge in [0, 0.05) is 34.4 Å². The maximum atomic E-state index is 12.7. The van der Waals surface area contributed by atoms with Gasteiger partial charge in [-0.05, 0) is 19.4 Å². The summed E-state index contributed by atoms with van der Waals surface area (Å²) in [5.41, 5.74) is 1.41. The topological polar surface area (TPSA) is 79.8 Å². The van der Waals surface area contributed by atoms with Crippen LogP contribution in [0.3, 0.4) is 0 Å². The lowest BCUT2D eigenvalue weighted by Crippen LogP contribution is -2.50. The molecule has 23 heavy (non-hydrogen) atoms. The molecule has 1 aliphatic rings. The third-order valence-corrected chi connectivity index (χ3v) is 3.71. The number of anilines is 2. The van der Waals surface area contributed by atoms with Crippen molar-refractivity contribution < 1.29 is 14.3 Å². The molecule has 0 radical (unpaired) electrons. The zero-order valence-electron chi connectivity index (χ0n) is 14.2. The summed E-state index contributed by atoms with van der Waals surface area (Å²) in [6.45, 7) is 4.08. The molecule has 2 amide bonds. The van der Waals surface area contributed by atoms with Crippen LogP contribution in [-0.2, 0) is 9.47 Å². The van der Waals surface area contributed by atoms with Gasteiger partial charge in [0.25, 0.3) is 0 Å². The minimum absolute atomic E-state index is 0.0161. The van der Waals surface area contributed by atoms with Crippen LogP contribution < -0.4 is 10.2 Å². The van der Waals surface area contributed by atoms with Crippen LogP contribution in [0.4, 0.5) is 16.3 Å². The first kappa shape index (κ1) is 17.4. The quantitative estimate of drug-likeness (QED) is 0.875. The van der Waals surface area contributed by atoms with E-state index < -0.39 is 0 Å². The maximum absolute atomic E-state index is 12.7. The Morgan fingerprint density at radius 2 is 2.30 bits per heavy atom. The van der Waals surface area contributed by atoms with Crippen LogP contribution >= 0.6 is 0 Å². The number of carbonyl (C=O) groups is 1. The summed E-state index contributed by atoms with van der Waals surface area (Å²) in [5, 5.41) is 11.1. The number of carbonyl (C=O) groups excluding carboxylic acids is 1. The van der Waals surface area contributed by atoms with E-state index in [-0.39, 0.29) is 12.1 Å².